The van der Waals surface area contributed by atoms with Gasteiger partial charge in [0, 0.05) is 7.11 Å². The third kappa shape index (κ3) is 4.42. The average molecular weight is 216 g/mol. The molecule has 0 saturated heterocycles. The summed E-state index contributed by atoms with van der Waals surface area (Å²) < 4.78 is 9.52. The third-order valence-electron chi connectivity index (χ3n) is 2.43. The molecule has 0 spiro atoms. The highest BCUT2D eigenvalue weighted by atomic mass is 16.5. The summed E-state index contributed by atoms with van der Waals surface area (Å²) in [6.07, 6.45) is 1.77. The first kappa shape index (κ1) is 14.1. The van der Waals surface area contributed by atoms with Crippen LogP contribution in [0, 0.1) is 5.92 Å². The Bertz CT molecular complexity index is 213. The fourth-order valence-corrected chi connectivity index (χ4v) is 1.33. The van der Waals surface area contributed by atoms with Crippen LogP contribution in [-0.2, 0) is 19.1 Å². The number of hydrogen-bond acceptors (Lipinski definition) is 4. The number of hydrogen-bond donors (Lipinski definition) is 0. The number of unbranched alkanes of at least 4 members (excludes halogenated alkanes) is 1. The molecular weight excluding hydrogens is 196 g/mol. The molecule has 0 fully saturated rings. The highest BCUT2D eigenvalue weighted by Gasteiger charge is 2.30. The summed E-state index contributed by atoms with van der Waals surface area (Å²) in [5.41, 5.74) is 0. The van der Waals surface area contributed by atoms with Crippen molar-refractivity contribution in [1.29, 1.82) is 0 Å². The first-order valence-corrected chi connectivity index (χ1v) is 5.22. The van der Waals surface area contributed by atoms with Gasteiger partial charge in [-0.25, -0.2) is 0 Å². The predicted octanol–water partition coefficient (Wildman–Crippen LogP) is 1.57. The number of carbonyl (C=O) groups excluding carboxylic acids is 2. The van der Waals surface area contributed by atoms with Crippen molar-refractivity contribution in [2.75, 3.05) is 14.2 Å². The summed E-state index contributed by atoms with van der Waals surface area (Å²) in [7, 11) is 2.75. The normalized spacial score (nSPS) is 14.4. The summed E-state index contributed by atoms with van der Waals surface area (Å²) in [4.78, 5) is 23.1. The summed E-state index contributed by atoms with van der Waals surface area (Å²) in [6.45, 7) is 3.66. The molecule has 2 unspecified atom stereocenters. The van der Waals surface area contributed by atoms with Gasteiger partial charge in [0.1, 0.15) is 12.0 Å². The van der Waals surface area contributed by atoms with Crippen molar-refractivity contribution in [1.82, 2.24) is 0 Å². The van der Waals surface area contributed by atoms with Gasteiger partial charge < -0.3 is 9.47 Å². The largest absolute Gasteiger partial charge is 0.468 e. The van der Waals surface area contributed by atoms with Gasteiger partial charge in [0.05, 0.1) is 7.11 Å². The van der Waals surface area contributed by atoms with E-state index in [0.717, 1.165) is 12.8 Å². The van der Waals surface area contributed by atoms with Gasteiger partial charge in [-0.2, -0.15) is 0 Å². The molecule has 0 aliphatic rings. The molecule has 0 aromatic heterocycles. The molecule has 2 atom stereocenters. The van der Waals surface area contributed by atoms with Crippen LogP contribution in [0.2, 0.25) is 0 Å². The lowest BCUT2D eigenvalue weighted by molar-refractivity contribution is -0.152. The van der Waals surface area contributed by atoms with Crippen molar-refractivity contribution in [3.05, 3.63) is 0 Å². The minimum absolute atomic E-state index is 0.196. The van der Waals surface area contributed by atoms with Crippen LogP contribution in [0.3, 0.4) is 0 Å². The Morgan fingerprint density at radius 2 is 1.87 bits per heavy atom. The van der Waals surface area contributed by atoms with Crippen LogP contribution in [-0.4, -0.2) is 32.1 Å². The summed E-state index contributed by atoms with van der Waals surface area (Å²) >= 11 is 0. The van der Waals surface area contributed by atoms with Gasteiger partial charge in [0.2, 0.25) is 0 Å². The molecule has 4 nitrogen and oxygen atoms in total. The zero-order chi connectivity index (χ0) is 11.8. The fourth-order valence-electron chi connectivity index (χ4n) is 1.33. The molecule has 4 heteroatoms. The SMILES string of the molecule is CCCCC(C(=O)OC)C(=O)C(C)OC. The van der Waals surface area contributed by atoms with Crippen molar-refractivity contribution in [2.24, 2.45) is 5.92 Å². The quantitative estimate of drug-likeness (QED) is 0.479. The molecule has 0 aromatic rings. The lowest BCUT2D eigenvalue weighted by atomic mass is 9.94. The second-order valence-corrected chi connectivity index (χ2v) is 3.50. The number of methoxy groups -OCH3 is 2. The smallest absolute Gasteiger partial charge is 0.316 e. The average Bonchev–Trinajstić information content (AvgIpc) is 2.27. The molecule has 0 rings (SSSR count). The Labute approximate surface area is 90.9 Å². The van der Waals surface area contributed by atoms with E-state index in [1.807, 2.05) is 6.92 Å². The minimum Gasteiger partial charge on any atom is -0.468 e. The van der Waals surface area contributed by atoms with Crippen LogP contribution >= 0.6 is 0 Å². The summed E-state index contributed by atoms with van der Waals surface area (Å²) in [5.74, 6) is -1.33. The number of esters is 1. The molecule has 0 saturated carbocycles. The van der Waals surface area contributed by atoms with Gasteiger partial charge in [-0.05, 0) is 13.3 Å². The van der Waals surface area contributed by atoms with Crippen LogP contribution in [0.1, 0.15) is 33.1 Å². The van der Waals surface area contributed by atoms with Crippen LogP contribution < -0.4 is 0 Å². The zero-order valence-corrected chi connectivity index (χ0v) is 9.91. The van der Waals surface area contributed by atoms with Gasteiger partial charge in [-0.15, -0.1) is 0 Å². The summed E-state index contributed by atoms with van der Waals surface area (Å²) in [6, 6.07) is 0. The number of rotatable bonds is 7. The number of Topliss-reactive ketones (excluding diaryl/α,β-unsaturated/α-hetero) is 1. The number of ether oxygens (including phenoxy) is 2. The maximum Gasteiger partial charge on any atom is 0.316 e. The standard InChI is InChI=1S/C11H20O4/c1-5-6-7-9(11(13)15-4)10(12)8(2)14-3/h8-9H,5-7H2,1-4H3. The molecular formula is C11H20O4. The lowest BCUT2D eigenvalue weighted by Gasteiger charge is -2.16. The monoisotopic (exact) mass is 216 g/mol. The van der Waals surface area contributed by atoms with E-state index in [1.165, 1.54) is 14.2 Å². The van der Waals surface area contributed by atoms with E-state index in [1.54, 1.807) is 6.92 Å². The van der Waals surface area contributed by atoms with Crippen molar-refractivity contribution < 1.29 is 19.1 Å². The Hall–Kier alpha value is -0.900. The van der Waals surface area contributed by atoms with Crippen molar-refractivity contribution in [3.8, 4) is 0 Å². The van der Waals surface area contributed by atoms with Crippen LogP contribution in [0.4, 0.5) is 0 Å². The van der Waals surface area contributed by atoms with Crippen LogP contribution in [0.5, 0.6) is 0 Å². The number of carbonyl (C=O) groups is 2. The van der Waals surface area contributed by atoms with E-state index in [2.05, 4.69) is 4.74 Å². The Balaban J connectivity index is 4.47. The first-order valence-electron chi connectivity index (χ1n) is 5.22. The highest BCUT2D eigenvalue weighted by Crippen LogP contribution is 2.14. The van der Waals surface area contributed by atoms with Crippen molar-refractivity contribution in [3.63, 3.8) is 0 Å². The molecule has 0 bridgehead atoms. The predicted molar refractivity (Wildman–Crippen MR) is 56.5 cm³/mol. The van der Waals surface area contributed by atoms with Gasteiger partial charge in [-0.1, -0.05) is 19.8 Å². The van der Waals surface area contributed by atoms with E-state index in [9.17, 15) is 9.59 Å². The minimum atomic E-state index is -0.676. The second-order valence-electron chi connectivity index (χ2n) is 3.50. The second kappa shape index (κ2) is 7.40. The highest BCUT2D eigenvalue weighted by molar-refractivity contribution is 6.01. The van der Waals surface area contributed by atoms with Gasteiger partial charge >= 0.3 is 5.97 Å². The third-order valence-corrected chi connectivity index (χ3v) is 2.43. The molecule has 15 heavy (non-hydrogen) atoms. The Kier molecular flexibility index (Phi) is 6.96. The van der Waals surface area contributed by atoms with E-state index >= 15 is 0 Å². The fraction of sp³-hybridized carbons (Fsp3) is 0.818. The molecule has 0 N–H and O–H groups in total. The van der Waals surface area contributed by atoms with Gasteiger partial charge in [0.15, 0.2) is 5.78 Å². The molecule has 0 aliphatic heterocycles. The van der Waals surface area contributed by atoms with Crippen LogP contribution in [0.15, 0.2) is 0 Å². The zero-order valence-electron chi connectivity index (χ0n) is 9.91. The van der Waals surface area contributed by atoms with E-state index in [4.69, 9.17) is 4.74 Å². The molecule has 88 valence electrons. The molecule has 0 heterocycles. The molecule has 0 radical (unpaired) electrons. The van der Waals surface area contributed by atoms with E-state index < -0.39 is 18.0 Å². The van der Waals surface area contributed by atoms with Crippen molar-refractivity contribution >= 4 is 11.8 Å². The van der Waals surface area contributed by atoms with Gasteiger partial charge in [-0.3, -0.25) is 9.59 Å². The maximum absolute atomic E-state index is 11.8. The Morgan fingerprint density at radius 3 is 2.27 bits per heavy atom. The first-order chi connectivity index (χ1) is 7.08. The summed E-state index contributed by atoms with van der Waals surface area (Å²) in [5, 5.41) is 0. The number of ketones is 1. The van der Waals surface area contributed by atoms with Gasteiger partial charge in [0.25, 0.3) is 0 Å². The Morgan fingerprint density at radius 1 is 1.27 bits per heavy atom. The lowest BCUT2D eigenvalue weighted by Crippen LogP contribution is -2.33. The molecule has 0 aliphatic carbocycles. The van der Waals surface area contributed by atoms with E-state index in [-0.39, 0.29) is 5.78 Å². The maximum atomic E-state index is 11.8. The molecule has 0 amide bonds. The van der Waals surface area contributed by atoms with Crippen molar-refractivity contribution in [2.45, 2.75) is 39.2 Å². The topological polar surface area (TPSA) is 52.6 Å². The van der Waals surface area contributed by atoms with E-state index in [0.29, 0.717) is 6.42 Å². The van der Waals surface area contributed by atoms with Crippen LogP contribution in [0.25, 0.3) is 0 Å². The molecule has 0 aromatic carbocycles.